The molecule has 0 aliphatic carbocycles. The Hall–Kier alpha value is -2.71. The van der Waals surface area contributed by atoms with E-state index in [0.29, 0.717) is 25.0 Å². The molecule has 1 fully saturated rings. The summed E-state index contributed by atoms with van der Waals surface area (Å²) < 4.78 is 43.8. The van der Waals surface area contributed by atoms with Crippen molar-refractivity contribution >= 4 is 5.91 Å². The molecule has 0 spiro atoms. The summed E-state index contributed by atoms with van der Waals surface area (Å²) in [4.78, 5) is 13.0. The molecule has 1 amide bonds. The molecule has 336 valence electrons. The number of unbranched alkanes of at least 4 members (excludes halogenated alkanes) is 19. The summed E-state index contributed by atoms with van der Waals surface area (Å²) in [6.45, 7) is 1.49. The van der Waals surface area contributed by atoms with Gasteiger partial charge in [0.2, 0.25) is 5.91 Å². The Morgan fingerprint density at radius 2 is 1.29 bits per heavy atom. The van der Waals surface area contributed by atoms with E-state index in [0.717, 1.165) is 82.8 Å². The number of amides is 1. The van der Waals surface area contributed by atoms with Crippen LogP contribution in [0.2, 0.25) is 0 Å². The maximum absolute atomic E-state index is 13.9. The molecule has 1 aliphatic heterocycles. The van der Waals surface area contributed by atoms with Gasteiger partial charge in [-0.2, -0.15) is 0 Å². The van der Waals surface area contributed by atoms with Crippen molar-refractivity contribution in [3.63, 3.8) is 0 Å². The zero-order valence-corrected chi connectivity index (χ0v) is 35.6. The molecule has 6 N–H and O–H groups in total. The Morgan fingerprint density at radius 3 is 1.86 bits per heavy atom. The maximum Gasteiger partial charge on any atom is 0.220 e. The Kier molecular flexibility index (Phi) is 26.0. The van der Waals surface area contributed by atoms with Crippen LogP contribution in [0.15, 0.2) is 42.5 Å². The third-order valence-corrected chi connectivity index (χ3v) is 11.4. The molecule has 0 radical (unpaired) electrons. The number of halogens is 2. The molecule has 1 saturated heterocycles. The average molecular weight is 836 g/mol. The van der Waals surface area contributed by atoms with Gasteiger partial charge in [-0.05, 0) is 55.5 Å². The third-order valence-electron chi connectivity index (χ3n) is 11.4. The molecule has 3 rings (SSSR count). The van der Waals surface area contributed by atoms with Gasteiger partial charge in [-0.3, -0.25) is 4.79 Å². The van der Waals surface area contributed by atoms with E-state index in [1.54, 1.807) is 12.1 Å². The Bertz CT molecular complexity index is 1380. The summed E-state index contributed by atoms with van der Waals surface area (Å²) in [5.74, 6) is -1.10. The van der Waals surface area contributed by atoms with E-state index in [4.69, 9.17) is 14.2 Å². The second kappa shape index (κ2) is 30.3. The number of aliphatic hydroxyl groups is 5. The van der Waals surface area contributed by atoms with Crippen LogP contribution in [-0.2, 0) is 20.7 Å². The highest BCUT2D eigenvalue weighted by Crippen LogP contribution is 2.26. The third kappa shape index (κ3) is 20.6. The zero-order chi connectivity index (χ0) is 42.7. The summed E-state index contributed by atoms with van der Waals surface area (Å²) in [7, 11) is 0. The predicted octanol–water partition coefficient (Wildman–Crippen LogP) is 8.95. The summed E-state index contributed by atoms with van der Waals surface area (Å²) in [6, 6.07) is 9.98. The summed E-state index contributed by atoms with van der Waals surface area (Å²) in [5, 5.41) is 54.3. The van der Waals surface area contributed by atoms with E-state index in [-0.39, 0.29) is 18.3 Å². The minimum atomic E-state index is -1.58. The number of carbonyl (C=O) groups excluding carboxylic acids is 1. The standard InChI is InChI=1S/C47H75F2NO9/c1-2-3-4-5-6-7-8-9-10-11-15-18-21-24-40(52)39(34-57-47-46(56)45(55)44(54)42(33-51)59-47)50-43(53)25-22-19-16-13-12-14-17-20-23-35-26-29-37(30-27-35)58-41-31-28-36(48)32-38(41)49/h26-32,39-40,42,44-47,51-52,54-56H,2-25,33-34H2,1H3,(H,50,53)/t39-,40+,42?,44-,45-,46?,47-/m0/s1. The molecule has 0 aromatic heterocycles. The molecule has 0 saturated carbocycles. The van der Waals surface area contributed by atoms with Crippen molar-refractivity contribution in [2.24, 2.45) is 0 Å². The van der Waals surface area contributed by atoms with Crippen LogP contribution in [0.5, 0.6) is 11.5 Å². The number of aliphatic hydroxyl groups excluding tert-OH is 5. The summed E-state index contributed by atoms with van der Waals surface area (Å²) >= 11 is 0. The molecule has 2 unspecified atom stereocenters. The lowest BCUT2D eigenvalue weighted by atomic mass is 9.99. The molecule has 12 heteroatoms. The van der Waals surface area contributed by atoms with Crippen LogP contribution < -0.4 is 10.1 Å². The lowest BCUT2D eigenvalue weighted by Crippen LogP contribution is -2.60. The number of carbonyl (C=O) groups is 1. The number of hydrogen-bond acceptors (Lipinski definition) is 9. The lowest BCUT2D eigenvalue weighted by Gasteiger charge is -2.40. The summed E-state index contributed by atoms with van der Waals surface area (Å²) in [6.07, 6.45) is 17.7. The number of aryl methyl sites for hydroxylation is 1. The van der Waals surface area contributed by atoms with E-state index in [1.165, 1.54) is 75.8 Å². The molecule has 2 aromatic carbocycles. The van der Waals surface area contributed by atoms with Gasteiger partial charge >= 0.3 is 0 Å². The molecular formula is C47H75F2NO9. The van der Waals surface area contributed by atoms with E-state index in [2.05, 4.69) is 12.2 Å². The van der Waals surface area contributed by atoms with Crippen molar-refractivity contribution in [3.8, 4) is 11.5 Å². The highest BCUT2D eigenvalue weighted by atomic mass is 19.1. The number of hydrogen-bond donors (Lipinski definition) is 6. The van der Waals surface area contributed by atoms with Crippen molar-refractivity contribution in [1.29, 1.82) is 0 Å². The van der Waals surface area contributed by atoms with Gasteiger partial charge in [0.1, 0.15) is 36.0 Å². The first-order valence-corrected chi connectivity index (χ1v) is 22.7. The van der Waals surface area contributed by atoms with Gasteiger partial charge in [-0.1, -0.05) is 141 Å². The molecule has 1 heterocycles. The number of nitrogens with one attached hydrogen (secondary N) is 1. The summed E-state index contributed by atoms with van der Waals surface area (Å²) in [5.41, 5.74) is 1.17. The molecular weight excluding hydrogens is 761 g/mol. The van der Waals surface area contributed by atoms with Gasteiger partial charge in [0.05, 0.1) is 25.4 Å². The Morgan fingerprint density at radius 1 is 0.729 bits per heavy atom. The Labute approximate surface area is 352 Å². The average Bonchev–Trinajstić information content (AvgIpc) is 3.23. The topological polar surface area (TPSA) is 158 Å². The second-order valence-electron chi connectivity index (χ2n) is 16.5. The van der Waals surface area contributed by atoms with Crippen LogP contribution in [0.4, 0.5) is 8.78 Å². The van der Waals surface area contributed by atoms with E-state index < -0.39 is 61.1 Å². The van der Waals surface area contributed by atoms with Crippen LogP contribution in [0.25, 0.3) is 0 Å². The highest BCUT2D eigenvalue weighted by Gasteiger charge is 2.44. The quantitative estimate of drug-likeness (QED) is 0.0386. The first kappa shape index (κ1) is 50.6. The SMILES string of the molecule is CCCCCCCCCCCCCCC[C@@H](O)[C@H](CO[C@H]1OC(CO)[C@H](O)[C@H](O)C1O)NC(=O)CCCCCCCCCCc1ccc(Oc2ccc(F)cc2F)cc1. The van der Waals surface area contributed by atoms with Crippen molar-refractivity contribution < 1.29 is 53.3 Å². The lowest BCUT2D eigenvalue weighted by molar-refractivity contribution is -0.302. The van der Waals surface area contributed by atoms with E-state index in [1.807, 2.05) is 12.1 Å². The van der Waals surface area contributed by atoms with Crippen LogP contribution in [0.1, 0.15) is 160 Å². The number of benzene rings is 2. The van der Waals surface area contributed by atoms with Crippen molar-refractivity contribution in [2.75, 3.05) is 13.2 Å². The van der Waals surface area contributed by atoms with Gasteiger partial charge in [0, 0.05) is 12.5 Å². The molecule has 7 atom stereocenters. The van der Waals surface area contributed by atoms with Gasteiger partial charge in [0.25, 0.3) is 0 Å². The fraction of sp³-hybridized carbons (Fsp3) is 0.723. The van der Waals surface area contributed by atoms with Crippen molar-refractivity contribution in [1.82, 2.24) is 5.32 Å². The largest absolute Gasteiger partial charge is 0.454 e. The normalized spacial score (nSPS) is 20.4. The maximum atomic E-state index is 13.9. The predicted molar refractivity (Wildman–Crippen MR) is 226 cm³/mol. The molecule has 2 aromatic rings. The van der Waals surface area contributed by atoms with E-state index >= 15 is 0 Å². The molecule has 59 heavy (non-hydrogen) atoms. The number of rotatable bonds is 33. The Balaban J connectivity index is 1.29. The molecule has 10 nitrogen and oxygen atoms in total. The van der Waals surface area contributed by atoms with Crippen LogP contribution in [0.3, 0.4) is 0 Å². The highest BCUT2D eigenvalue weighted by molar-refractivity contribution is 5.76. The zero-order valence-electron chi connectivity index (χ0n) is 35.6. The monoisotopic (exact) mass is 836 g/mol. The van der Waals surface area contributed by atoms with Gasteiger partial charge < -0.3 is 45.1 Å². The van der Waals surface area contributed by atoms with Crippen LogP contribution >= 0.6 is 0 Å². The van der Waals surface area contributed by atoms with Crippen molar-refractivity contribution in [2.45, 2.75) is 204 Å². The van der Waals surface area contributed by atoms with Gasteiger partial charge in [-0.25, -0.2) is 8.78 Å². The first-order valence-electron chi connectivity index (χ1n) is 22.7. The van der Waals surface area contributed by atoms with Gasteiger partial charge in [0.15, 0.2) is 17.9 Å². The fourth-order valence-electron chi connectivity index (χ4n) is 7.59. The van der Waals surface area contributed by atoms with Crippen molar-refractivity contribution in [3.05, 3.63) is 59.7 Å². The minimum absolute atomic E-state index is 0.0142. The smallest absolute Gasteiger partial charge is 0.220 e. The second-order valence-corrected chi connectivity index (χ2v) is 16.5. The number of ether oxygens (including phenoxy) is 3. The fourth-order valence-corrected chi connectivity index (χ4v) is 7.59. The van der Waals surface area contributed by atoms with E-state index in [9.17, 15) is 39.1 Å². The molecule has 1 aliphatic rings. The molecule has 0 bridgehead atoms. The van der Waals surface area contributed by atoms with Crippen LogP contribution in [0, 0.1) is 11.6 Å². The van der Waals surface area contributed by atoms with Gasteiger partial charge in [-0.15, -0.1) is 0 Å². The minimum Gasteiger partial charge on any atom is -0.454 e. The first-order chi connectivity index (χ1) is 28.6. The van der Waals surface area contributed by atoms with Crippen LogP contribution in [-0.4, -0.2) is 87.5 Å².